The summed E-state index contributed by atoms with van der Waals surface area (Å²) in [5.74, 6) is 0. The number of hydrogen-bond donors (Lipinski definition) is 0. The van der Waals surface area contributed by atoms with Crippen LogP contribution in [0.3, 0.4) is 0 Å². The third-order valence-electron chi connectivity index (χ3n) is 8.72. The van der Waals surface area contributed by atoms with Crippen LogP contribution in [0.25, 0.3) is 63.4 Å². The second kappa shape index (κ2) is 13.7. The molecule has 0 unspecified atom stereocenters. The predicted octanol–water partition coefficient (Wildman–Crippen LogP) is 7.72. The van der Waals surface area contributed by atoms with Crippen LogP contribution in [0.1, 0.15) is 5.56 Å². The first-order valence-electron chi connectivity index (χ1n) is 16.3. The average Bonchev–Trinajstić information content (AvgIpc) is 3.94. The van der Waals surface area contributed by atoms with Crippen LogP contribution in [0, 0.1) is 11.3 Å². The number of benzene rings is 2. The predicted molar refractivity (Wildman–Crippen MR) is 218 cm³/mol. The van der Waals surface area contributed by atoms with Crippen LogP contribution in [-0.4, -0.2) is 57.3 Å². The molecule has 0 aliphatic carbocycles. The van der Waals surface area contributed by atoms with Gasteiger partial charge >= 0.3 is 0 Å². The van der Waals surface area contributed by atoms with Gasteiger partial charge < -0.3 is 9.80 Å². The number of pyridine rings is 2. The lowest BCUT2D eigenvalue weighted by Gasteiger charge is -2.13. The Labute approximate surface area is 314 Å². The lowest BCUT2D eigenvalue weighted by atomic mass is 10.1. The Kier molecular flexibility index (Phi) is 8.75. The minimum Gasteiger partial charge on any atom is -0.377 e. The van der Waals surface area contributed by atoms with Gasteiger partial charge in [0.15, 0.2) is 0 Å². The molecule has 0 aliphatic heterocycles. The zero-order valence-corrected chi connectivity index (χ0v) is 31.3. The van der Waals surface area contributed by atoms with Crippen LogP contribution in [0.4, 0.5) is 11.4 Å². The Bertz CT molecular complexity index is 2990. The molecule has 0 fully saturated rings. The molecule has 0 saturated heterocycles. The summed E-state index contributed by atoms with van der Waals surface area (Å²) in [6.45, 7) is 0. The average molecular weight is 752 g/mol. The summed E-state index contributed by atoms with van der Waals surface area (Å²) >= 11 is 4.40. The SMILES string of the molecule is CN(C)c1ccnc2sc3c(=O)n(-c4cccc(-c5ccsc5)c4)cnc3c12.CN(C)c1ccnc2sc3c(=O)n(-c4cccc(C#N)c4)cnc3c12. The minimum atomic E-state index is -0.159. The number of hydrogen-bond acceptors (Lipinski definition) is 12. The molecule has 0 atom stereocenters. The van der Waals surface area contributed by atoms with Gasteiger partial charge in [-0.3, -0.25) is 18.7 Å². The molecule has 7 heterocycles. The quantitative estimate of drug-likeness (QED) is 0.174. The standard InChI is InChI=1S/C21H16N4OS2.C18H13N5OS/c1-24(2)16-6-8-22-20-17(16)18-19(28-20)21(26)25(12-23-18)15-5-3-4-13(10-15)14-7-9-27-11-14;1-22(2)13-6-7-20-17-14(13)15-16(25-17)18(24)23(10-21-15)12-5-3-4-11(8-12)9-19/h3-12H,1-2H3;3-8,10H,1-2H3. The second-order valence-corrected chi connectivity index (χ2v) is 15.2. The van der Waals surface area contributed by atoms with Crippen LogP contribution in [-0.2, 0) is 0 Å². The first-order valence-corrected chi connectivity index (χ1v) is 18.9. The van der Waals surface area contributed by atoms with Crippen LogP contribution in [0.15, 0.2) is 112 Å². The molecule has 53 heavy (non-hydrogen) atoms. The van der Waals surface area contributed by atoms with E-state index in [1.54, 1.807) is 58.9 Å². The van der Waals surface area contributed by atoms with Crippen LogP contribution in [0.5, 0.6) is 0 Å². The van der Waals surface area contributed by atoms with Crippen LogP contribution < -0.4 is 20.9 Å². The second-order valence-electron chi connectivity index (χ2n) is 12.4. The highest BCUT2D eigenvalue weighted by atomic mass is 32.1. The summed E-state index contributed by atoms with van der Waals surface area (Å²) in [5, 5.41) is 15.0. The summed E-state index contributed by atoms with van der Waals surface area (Å²) < 4.78 is 4.26. The summed E-state index contributed by atoms with van der Waals surface area (Å²) in [4.78, 5) is 49.9. The smallest absolute Gasteiger partial charge is 0.275 e. The van der Waals surface area contributed by atoms with E-state index < -0.39 is 0 Å². The van der Waals surface area contributed by atoms with Gasteiger partial charge in [-0.15, -0.1) is 22.7 Å². The summed E-state index contributed by atoms with van der Waals surface area (Å²) in [7, 11) is 7.87. The van der Waals surface area contributed by atoms with Crippen molar-refractivity contribution in [3.05, 3.63) is 129 Å². The van der Waals surface area contributed by atoms with Crippen molar-refractivity contribution in [2.75, 3.05) is 38.0 Å². The van der Waals surface area contributed by atoms with E-state index in [-0.39, 0.29) is 11.1 Å². The van der Waals surface area contributed by atoms with E-state index >= 15 is 0 Å². The van der Waals surface area contributed by atoms with Gasteiger partial charge in [-0.2, -0.15) is 16.6 Å². The number of rotatable bonds is 5. The molecule has 260 valence electrons. The number of fused-ring (bicyclic) bond motifs is 6. The number of anilines is 2. The Morgan fingerprint density at radius 2 is 1.21 bits per heavy atom. The monoisotopic (exact) mass is 751 g/mol. The van der Waals surface area contributed by atoms with Crippen LogP contribution in [0.2, 0.25) is 0 Å². The molecule has 7 aromatic heterocycles. The van der Waals surface area contributed by atoms with Crippen molar-refractivity contribution in [2.45, 2.75) is 0 Å². The molecule has 0 saturated carbocycles. The Balaban J connectivity index is 0.000000152. The zero-order valence-electron chi connectivity index (χ0n) is 28.9. The molecule has 9 rings (SSSR count). The van der Waals surface area contributed by atoms with E-state index in [0.29, 0.717) is 31.7 Å². The van der Waals surface area contributed by atoms with Crippen molar-refractivity contribution in [2.24, 2.45) is 0 Å². The molecule has 0 bridgehead atoms. The fourth-order valence-electron chi connectivity index (χ4n) is 6.18. The zero-order chi connectivity index (χ0) is 36.8. The molecular formula is C39H29N9O2S3. The third-order valence-corrected chi connectivity index (χ3v) is 11.5. The summed E-state index contributed by atoms with van der Waals surface area (Å²) in [6, 6.07) is 22.9. The first-order chi connectivity index (χ1) is 25.7. The Hall–Kier alpha value is -6.27. The fourth-order valence-corrected chi connectivity index (χ4v) is 8.94. The molecular weight excluding hydrogens is 723 g/mol. The van der Waals surface area contributed by atoms with Crippen molar-refractivity contribution < 1.29 is 0 Å². The number of nitriles is 1. The highest BCUT2D eigenvalue weighted by molar-refractivity contribution is 7.25. The van der Waals surface area contributed by atoms with Gasteiger partial charge in [0.05, 0.1) is 56.2 Å². The van der Waals surface area contributed by atoms with E-state index in [1.165, 1.54) is 33.6 Å². The van der Waals surface area contributed by atoms with E-state index in [1.807, 2.05) is 73.7 Å². The van der Waals surface area contributed by atoms with Crippen molar-refractivity contribution in [1.29, 1.82) is 5.26 Å². The van der Waals surface area contributed by atoms with Crippen molar-refractivity contribution in [3.8, 4) is 28.6 Å². The highest BCUT2D eigenvalue weighted by Crippen LogP contribution is 2.36. The van der Waals surface area contributed by atoms with Crippen LogP contribution >= 0.6 is 34.0 Å². The normalized spacial score (nSPS) is 11.2. The number of aromatic nitrogens is 6. The van der Waals surface area contributed by atoms with E-state index in [2.05, 4.69) is 43.5 Å². The minimum absolute atomic E-state index is 0.0693. The van der Waals surface area contributed by atoms with Crippen molar-refractivity contribution >= 4 is 86.3 Å². The van der Waals surface area contributed by atoms with Gasteiger partial charge in [0, 0.05) is 40.6 Å². The van der Waals surface area contributed by atoms with Crippen molar-refractivity contribution in [1.82, 2.24) is 29.1 Å². The molecule has 14 heteroatoms. The van der Waals surface area contributed by atoms with Gasteiger partial charge in [0.2, 0.25) is 0 Å². The van der Waals surface area contributed by atoms with Gasteiger partial charge in [-0.25, -0.2) is 19.9 Å². The Morgan fingerprint density at radius 1 is 0.660 bits per heavy atom. The number of thiophene rings is 3. The topological polar surface area (TPSA) is 126 Å². The fraction of sp³-hybridized carbons (Fsp3) is 0.103. The van der Waals surface area contributed by atoms with Crippen molar-refractivity contribution in [3.63, 3.8) is 0 Å². The molecule has 0 N–H and O–H groups in total. The van der Waals surface area contributed by atoms with Gasteiger partial charge in [-0.05, 0) is 70.4 Å². The lowest BCUT2D eigenvalue weighted by Crippen LogP contribution is -2.17. The maximum absolute atomic E-state index is 13.3. The summed E-state index contributed by atoms with van der Waals surface area (Å²) in [6.07, 6.45) is 6.65. The Morgan fingerprint density at radius 3 is 1.72 bits per heavy atom. The molecule has 9 aromatic rings. The molecule has 0 aliphatic rings. The molecule has 11 nitrogen and oxygen atoms in total. The van der Waals surface area contributed by atoms with E-state index in [0.717, 1.165) is 48.6 Å². The van der Waals surface area contributed by atoms with E-state index in [4.69, 9.17) is 5.26 Å². The lowest BCUT2D eigenvalue weighted by molar-refractivity contribution is 0.967. The summed E-state index contributed by atoms with van der Waals surface area (Å²) in [5.41, 5.74) is 7.30. The number of nitrogens with zero attached hydrogens (tertiary/aromatic N) is 9. The molecule has 2 aromatic carbocycles. The molecule has 0 radical (unpaired) electrons. The maximum atomic E-state index is 13.3. The largest absolute Gasteiger partial charge is 0.377 e. The molecule has 0 spiro atoms. The maximum Gasteiger partial charge on any atom is 0.275 e. The third kappa shape index (κ3) is 6.00. The molecule has 0 amide bonds. The van der Waals surface area contributed by atoms with Gasteiger partial charge in [0.1, 0.15) is 31.7 Å². The van der Waals surface area contributed by atoms with Gasteiger partial charge in [0.25, 0.3) is 11.1 Å². The van der Waals surface area contributed by atoms with Gasteiger partial charge in [-0.1, -0.05) is 18.2 Å². The van der Waals surface area contributed by atoms with E-state index in [9.17, 15) is 9.59 Å². The highest BCUT2D eigenvalue weighted by Gasteiger charge is 2.18. The first kappa shape index (κ1) is 33.9.